The van der Waals surface area contributed by atoms with Gasteiger partial charge in [0.05, 0.1) is 25.4 Å². The van der Waals surface area contributed by atoms with E-state index in [0.717, 1.165) is 5.56 Å². The van der Waals surface area contributed by atoms with Crippen LogP contribution in [0.3, 0.4) is 0 Å². The van der Waals surface area contributed by atoms with Crippen LogP contribution in [0, 0.1) is 11.8 Å². The van der Waals surface area contributed by atoms with Crippen LogP contribution < -0.4 is 15.8 Å². The maximum Gasteiger partial charge on any atom is 0.405 e. The van der Waals surface area contributed by atoms with E-state index in [-0.39, 0.29) is 23.5 Å². The molecule has 10 heteroatoms. The first-order valence-electron chi connectivity index (χ1n) is 13.2. The van der Waals surface area contributed by atoms with Gasteiger partial charge in [0.15, 0.2) is 17.6 Å². The smallest absolute Gasteiger partial charge is 0.405 e. The number of nitrogens with two attached hydrogens (primary N) is 1. The number of amides is 2. The summed E-state index contributed by atoms with van der Waals surface area (Å²) >= 11 is 0. The number of allylic oxidation sites excluding steroid dienone is 1. The summed E-state index contributed by atoms with van der Waals surface area (Å²) in [4.78, 5) is 24.6. The summed E-state index contributed by atoms with van der Waals surface area (Å²) in [7, 11) is 4.55. The molecule has 1 aliphatic rings. The second kappa shape index (κ2) is 14.9. The number of hydrogen-bond acceptors (Lipinski definition) is 8. The van der Waals surface area contributed by atoms with Crippen LogP contribution in [-0.4, -0.2) is 68.0 Å². The molecule has 1 aromatic rings. The molecule has 1 heterocycles. The van der Waals surface area contributed by atoms with Gasteiger partial charge >= 0.3 is 6.09 Å². The van der Waals surface area contributed by atoms with Crippen molar-refractivity contribution in [3.8, 4) is 11.5 Å². The number of nitrogens with one attached hydrogen (secondary N) is 1. The van der Waals surface area contributed by atoms with Crippen molar-refractivity contribution in [2.75, 3.05) is 26.6 Å². The lowest BCUT2D eigenvalue weighted by atomic mass is 9.88. The Bertz CT molecular complexity index is 1050. The number of aliphatic hydroxyl groups is 1. The Labute approximate surface area is 231 Å². The van der Waals surface area contributed by atoms with Gasteiger partial charge < -0.3 is 40.2 Å². The van der Waals surface area contributed by atoms with Crippen molar-refractivity contribution < 1.29 is 38.7 Å². The Morgan fingerprint density at radius 1 is 1.10 bits per heavy atom. The van der Waals surface area contributed by atoms with Crippen molar-refractivity contribution in [1.82, 2.24) is 0 Å². The summed E-state index contributed by atoms with van der Waals surface area (Å²) in [6.07, 6.45) is 1.95. The molecular formula is C29H44N2O8. The van der Waals surface area contributed by atoms with Gasteiger partial charge in [0.2, 0.25) is 0 Å². The standard InChI is InChI=1S/C29H44N2O8/c1-16-11-20-14-21(15-22(32)27(20)38-7)31-28(34)17(2)9-8-10-23(36-5)26(39-29(30)35)19(4)13-18(3)25(33)24(12-16)37-6/h9,13-16,18,23-26,32-33H,8,10-12H2,1-7H3,(H2,30,35)(H,31,34)/t16-,18-,23+,24-,25-,26+/m0/s1. The van der Waals surface area contributed by atoms with Crippen molar-refractivity contribution >= 4 is 17.7 Å². The minimum absolute atomic E-state index is 0.0219. The van der Waals surface area contributed by atoms with Gasteiger partial charge in [-0.15, -0.1) is 0 Å². The highest BCUT2D eigenvalue weighted by Gasteiger charge is 2.30. The van der Waals surface area contributed by atoms with Gasteiger partial charge in [-0.3, -0.25) is 4.79 Å². The number of phenols is 1. The van der Waals surface area contributed by atoms with Gasteiger partial charge in [-0.25, -0.2) is 4.79 Å². The number of primary amides is 1. The van der Waals surface area contributed by atoms with Crippen molar-refractivity contribution in [3.63, 3.8) is 0 Å². The van der Waals surface area contributed by atoms with Crippen molar-refractivity contribution in [3.05, 3.63) is 41.0 Å². The van der Waals surface area contributed by atoms with Gasteiger partial charge in [0.25, 0.3) is 5.91 Å². The third-order valence-electron chi connectivity index (χ3n) is 7.15. The first-order valence-corrected chi connectivity index (χ1v) is 13.2. The highest BCUT2D eigenvalue weighted by Crippen LogP contribution is 2.36. The van der Waals surface area contributed by atoms with Crippen molar-refractivity contribution in [1.29, 1.82) is 0 Å². The Morgan fingerprint density at radius 3 is 2.36 bits per heavy atom. The Kier molecular flexibility index (Phi) is 12.3. The molecule has 0 radical (unpaired) electrons. The Hall–Kier alpha value is -3.08. The molecule has 1 aliphatic heterocycles. The number of phenolic OH excluding ortho intramolecular Hbond substituents is 1. The first-order chi connectivity index (χ1) is 18.4. The van der Waals surface area contributed by atoms with E-state index < -0.39 is 30.5 Å². The predicted octanol–water partition coefficient (Wildman–Crippen LogP) is 4.09. The number of fused-ring (bicyclic) bond motifs is 2. The van der Waals surface area contributed by atoms with E-state index in [4.69, 9.17) is 24.7 Å². The van der Waals surface area contributed by atoms with E-state index in [1.165, 1.54) is 20.3 Å². The second-order valence-corrected chi connectivity index (χ2v) is 10.3. The van der Waals surface area contributed by atoms with Crippen LogP contribution in [0.15, 0.2) is 35.4 Å². The number of ether oxygens (including phenoxy) is 4. The lowest BCUT2D eigenvalue weighted by molar-refractivity contribution is -0.112. The zero-order valence-corrected chi connectivity index (χ0v) is 24.0. The molecule has 2 amide bonds. The Morgan fingerprint density at radius 2 is 1.77 bits per heavy atom. The molecule has 0 spiro atoms. The molecular weight excluding hydrogens is 504 g/mol. The number of aromatic hydroxyl groups is 1. The summed E-state index contributed by atoms with van der Waals surface area (Å²) in [6, 6.07) is 3.24. The quantitative estimate of drug-likeness (QED) is 0.411. The fourth-order valence-electron chi connectivity index (χ4n) is 5.08. The van der Waals surface area contributed by atoms with E-state index in [1.807, 2.05) is 19.9 Å². The van der Waals surface area contributed by atoms with Gasteiger partial charge in [-0.1, -0.05) is 26.0 Å². The molecule has 39 heavy (non-hydrogen) atoms. The summed E-state index contributed by atoms with van der Waals surface area (Å²) in [5.74, 6) is -0.375. The van der Waals surface area contributed by atoms with E-state index in [0.29, 0.717) is 48.3 Å². The minimum atomic E-state index is -0.934. The number of methoxy groups -OCH3 is 3. The minimum Gasteiger partial charge on any atom is -0.504 e. The summed E-state index contributed by atoms with van der Waals surface area (Å²) in [5, 5.41) is 24.6. The van der Waals surface area contributed by atoms with Gasteiger partial charge in [0, 0.05) is 43.0 Å². The first kappa shape index (κ1) is 32.1. The molecule has 0 saturated carbocycles. The molecule has 10 nitrogen and oxygen atoms in total. The van der Waals surface area contributed by atoms with Crippen LogP contribution in [0.2, 0.25) is 0 Å². The molecule has 0 unspecified atom stereocenters. The van der Waals surface area contributed by atoms with Crippen molar-refractivity contribution in [2.45, 2.75) is 77.8 Å². The summed E-state index contributed by atoms with van der Waals surface area (Å²) in [6.45, 7) is 7.38. The number of rotatable bonds is 4. The second-order valence-electron chi connectivity index (χ2n) is 10.3. The van der Waals surface area contributed by atoms with Crippen molar-refractivity contribution in [2.24, 2.45) is 17.6 Å². The number of anilines is 1. The molecule has 2 bridgehead atoms. The van der Waals surface area contributed by atoms with Gasteiger partial charge in [-0.05, 0) is 57.1 Å². The monoisotopic (exact) mass is 548 g/mol. The normalized spacial score (nSPS) is 27.6. The average molecular weight is 549 g/mol. The number of hydrogen-bond donors (Lipinski definition) is 4. The zero-order chi connectivity index (χ0) is 29.3. The van der Waals surface area contributed by atoms with Crippen LogP contribution in [0.1, 0.15) is 52.5 Å². The maximum atomic E-state index is 12.9. The predicted molar refractivity (Wildman–Crippen MR) is 149 cm³/mol. The third kappa shape index (κ3) is 8.98. The molecule has 0 fully saturated rings. The van der Waals surface area contributed by atoms with Crippen LogP contribution in [0.4, 0.5) is 10.5 Å². The van der Waals surface area contributed by atoms with E-state index in [9.17, 15) is 19.8 Å². The lowest BCUT2D eigenvalue weighted by Crippen LogP contribution is -2.37. The highest BCUT2D eigenvalue weighted by molar-refractivity contribution is 6.03. The van der Waals surface area contributed by atoms with E-state index >= 15 is 0 Å². The fourth-order valence-corrected chi connectivity index (χ4v) is 5.08. The van der Waals surface area contributed by atoms with Crippen LogP contribution in [0.25, 0.3) is 0 Å². The van der Waals surface area contributed by atoms with Crippen LogP contribution >= 0.6 is 0 Å². The van der Waals surface area contributed by atoms with E-state index in [2.05, 4.69) is 5.32 Å². The lowest BCUT2D eigenvalue weighted by Gasteiger charge is -2.30. The third-order valence-corrected chi connectivity index (χ3v) is 7.15. The molecule has 0 saturated heterocycles. The molecule has 218 valence electrons. The van der Waals surface area contributed by atoms with E-state index in [1.54, 1.807) is 33.1 Å². The van der Waals surface area contributed by atoms with Gasteiger partial charge in [0.1, 0.15) is 0 Å². The summed E-state index contributed by atoms with van der Waals surface area (Å²) < 4.78 is 22.2. The molecule has 5 N–H and O–H groups in total. The number of benzene rings is 1. The van der Waals surface area contributed by atoms with Crippen LogP contribution in [-0.2, 0) is 25.4 Å². The molecule has 2 rings (SSSR count). The number of carbonyl (C=O) groups excluding carboxylic acids is 2. The zero-order valence-electron chi connectivity index (χ0n) is 24.0. The highest BCUT2D eigenvalue weighted by atomic mass is 16.6. The molecule has 0 aliphatic carbocycles. The number of aliphatic hydroxyl groups excluding tert-OH is 1. The molecule has 1 aromatic carbocycles. The number of carbonyl (C=O) groups is 2. The fraction of sp³-hybridized carbons (Fsp3) is 0.586. The topological polar surface area (TPSA) is 150 Å². The van der Waals surface area contributed by atoms with Gasteiger partial charge in [-0.2, -0.15) is 0 Å². The molecule has 0 aromatic heterocycles. The maximum absolute atomic E-state index is 12.9. The average Bonchev–Trinajstić information content (AvgIpc) is 2.87. The largest absolute Gasteiger partial charge is 0.504 e. The SMILES string of the molecule is COc1c(O)cc2cc1C[C@H](C)C[C@H](OC)[C@@H](O)[C@@H](C)C=C(C)[C@@H](OC(N)=O)[C@H](OC)CCC=C(C)C(=O)N2. The summed E-state index contributed by atoms with van der Waals surface area (Å²) in [5.41, 5.74) is 7.69. The Balaban J connectivity index is 2.53. The van der Waals surface area contributed by atoms with Crippen LogP contribution in [0.5, 0.6) is 11.5 Å². The molecule has 6 atom stereocenters.